The molecular weight excluding hydrogens is 338 g/mol. The monoisotopic (exact) mass is 362 g/mol. The second-order valence-electron chi connectivity index (χ2n) is 6.66. The summed E-state index contributed by atoms with van der Waals surface area (Å²) >= 11 is 0. The van der Waals surface area contributed by atoms with Gasteiger partial charge in [-0.05, 0) is 32.0 Å². The van der Waals surface area contributed by atoms with Crippen LogP contribution < -0.4 is 0 Å². The van der Waals surface area contributed by atoms with E-state index in [1.165, 1.54) is 12.1 Å². The van der Waals surface area contributed by atoms with E-state index in [1.54, 1.807) is 11.1 Å². The summed E-state index contributed by atoms with van der Waals surface area (Å²) in [5.41, 5.74) is 1.25. The van der Waals surface area contributed by atoms with E-state index in [1.807, 2.05) is 17.7 Å². The third-order valence-electron chi connectivity index (χ3n) is 4.87. The summed E-state index contributed by atoms with van der Waals surface area (Å²) in [5, 5.41) is 4.29. The Morgan fingerprint density at radius 2 is 1.96 bits per heavy atom. The van der Waals surface area contributed by atoms with Crippen LogP contribution in [0.1, 0.15) is 17.7 Å². The number of hydrogen-bond acceptors (Lipinski definition) is 3. The smallest absolute Gasteiger partial charge is 0.227 e. The molecule has 0 saturated carbocycles. The van der Waals surface area contributed by atoms with Crippen LogP contribution in [0.5, 0.6) is 0 Å². The summed E-state index contributed by atoms with van der Waals surface area (Å²) in [7, 11) is 0. The number of benzene rings is 1. The van der Waals surface area contributed by atoms with Crippen molar-refractivity contribution in [1.29, 1.82) is 0 Å². The fourth-order valence-corrected chi connectivity index (χ4v) is 3.27. The van der Waals surface area contributed by atoms with Crippen LogP contribution >= 0.6 is 0 Å². The average Bonchev–Trinajstić information content (AvgIpc) is 2.89. The SMILES string of the molecule is Cc1ccnn1CCN1CCCN(C(=O)Cc2cccc(F)c2F)CC1. The molecule has 1 aliphatic heterocycles. The van der Waals surface area contributed by atoms with Crippen LogP contribution in [0.3, 0.4) is 0 Å². The average molecular weight is 362 g/mol. The third-order valence-corrected chi connectivity index (χ3v) is 4.87. The molecule has 0 N–H and O–H groups in total. The van der Waals surface area contributed by atoms with Crippen molar-refractivity contribution < 1.29 is 13.6 Å². The summed E-state index contributed by atoms with van der Waals surface area (Å²) in [6.07, 6.45) is 2.56. The fraction of sp³-hybridized carbons (Fsp3) is 0.474. The first-order valence-corrected chi connectivity index (χ1v) is 8.96. The molecule has 0 radical (unpaired) electrons. The molecule has 1 aromatic heterocycles. The molecule has 140 valence electrons. The Hall–Kier alpha value is -2.28. The van der Waals surface area contributed by atoms with Crippen LogP contribution in [0.15, 0.2) is 30.5 Å². The number of aryl methyl sites for hydroxylation is 1. The normalized spacial score (nSPS) is 15.9. The number of aromatic nitrogens is 2. The van der Waals surface area contributed by atoms with Crippen molar-refractivity contribution in [2.45, 2.75) is 26.3 Å². The number of amides is 1. The van der Waals surface area contributed by atoms with Gasteiger partial charge in [-0.25, -0.2) is 8.78 Å². The van der Waals surface area contributed by atoms with Gasteiger partial charge in [-0.3, -0.25) is 14.4 Å². The number of carbonyl (C=O) groups excluding carboxylic acids is 1. The summed E-state index contributed by atoms with van der Waals surface area (Å²) in [5.74, 6) is -1.99. The van der Waals surface area contributed by atoms with Gasteiger partial charge >= 0.3 is 0 Å². The number of nitrogens with zero attached hydrogens (tertiary/aromatic N) is 4. The van der Waals surface area contributed by atoms with Crippen LogP contribution in [-0.4, -0.2) is 58.2 Å². The molecule has 0 atom stereocenters. The number of rotatable bonds is 5. The van der Waals surface area contributed by atoms with Gasteiger partial charge in [0.25, 0.3) is 0 Å². The molecule has 0 spiro atoms. The molecule has 0 bridgehead atoms. The van der Waals surface area contributed by atoms with E-state index in [-0.39, 0.29) is 17.9 Å². The lowest BCUT2D eigenvalue weighted by atomic mass is 10.1. The molecule has 2 heterocycles. The molecule has 1 fully saturated rings. The first-order valence-electron chi connectivity index (χ1n) is 8.96. The summed E-state index contributed by atoms with van der Waals surface area (Å²) in [6.45, 7) is 6.67. The second kappa shape index (κ2) is 8.40. The van der Waals surface area contributed by atoms with Gasteiger partial charge in [-0.2, -0.15) is 5.10 Å². The molecule has 1 aromatic carbocycles. The third kappa shape index (κ3) is 4.46. The molecule has 0 aliphatic carbocycles. The van der Waals surface area contributed by atoms with Gasteiger partial charge in [-0.1, -0.05) is 12.1 Å². The van der Waals surface area contributed by atoms with Gasteiger partial charge in [0.2, 0.25) is 5.91 Å². The topological polar surface area (TPSA) is 41.4 Å². The standard InChI is InChI=1S/C19H24F2N4O/c1-15-6-7-22-25(15)13-11-23-8-3-9-24(12-10-23)18(26)14-16-4-2-5-17(20)19(16)21/h2,4-7H,3,8-14H2,1H3. The van der Waals surface area contributed by atoms with Crippen molar-refractivity contribution in [3.05, 3.63) is 53.4 Å². The lowest BCUT2D eigenvalue weighted by Gasteiger charge is -2.22. The van der Waals surface area contributed by atoms with Crippen molar-refractivity contribution in [3.8, 4) is 0 Å². The second-order valence-corrected chi connectivity index (χ2v) is 6.66. The van der Waals surface area contributed by atoms with Crippen molar-refractivity contribution in [1.82, 2.24) is 19.6 Å². The maximum atomic E-state index is 13.8. The Morgan fingerprint density at radius 3 is 2.73 bits per heavy atom. The van der Waals surface area contributed by atoms with Crippen LogP contribution in [0.25, 0.3) is 0 Å². The largest absolute Gasteiger partial charge is 0.341 e. The number of hydrogen-bond donors (Lipinski definition) is 0. The van der Waals surface area contributed by atoms with Crippen molar-refractivity contribution in [2.24, 2.45) is 0 Å². The lowest BCUT2D eigenvalue weighted by molar-refractivity contribution is -0.130. The van der Waals surface area contributed by atoms with Crippen LogP contribution in [0, 0.1) is 18.6 Å². The van der Waals surface area contributed by atoms with Crippen molar-refractivity contribution >= 4 is 5.91 Å². The van der Waals surface area contributed by atoms with Gasteiger partial charge in [-0.15, -0.1) is 0 Å². The first-order chi connectivity index (χ1) is 12.5. The van der Waals surface area contributed by atoms with E-state index < -0.39 is 11.6 Å². The predicted molar refractivity (Wildman–Crippen MR) is 94.7 cm³/mol. The Bertz CT molecular complexity index is 762. The maximum absolute atomic E-state index is 13.8. The van der Waals surface area contributed by atoms with Gasteiger partial charge < -0.3 is 4.90 Å². The summed E-state index contributed by atoms with van der Waals surface area (Å²) in [6, 6.07) is 5.94. The first kappa shape index (κ1) is 18.5. The fourth-order valence-electron chi connectivity index (χ4n) is 3.27. The van der Waals surface area contributed by atoms with E-state index >= 15 is 0 Å². The van der Waals surface area contributed by atoms with Crippen molar-refractivity contribution in [3.63, 3.8) is 0 Å². The van der Waals surface area contributed by atoms with E-state index in [4.69, 9.17) is 0 Å². The van der Waals surface area contributed by atoms with Gasteiger partial charge in [0.15, 0.2) is 11.6 Å². The minimum Gasteiger partial charge on any atom is -0.341 e. The Kier molecular flexibility index (Phi) is 5.98. The molecule has 0 unspecified atom stereocenters. The lowest BCUT2D eigenvalue weighted by Crippen LogP contribution is -2.37. The highest BCUT2D eigenvalue weighted by Crippen LogP contribution is 2.14. The molecule has 26 heavy (non-hydrogen) atoms. The summed E-state index contributed by atoms with van der Waals surface area (Å²) in [4.78, 5) is 16.6. The maximum Gasteiger partial charge on any atom is 0.227 e. The van der Waals surface area contributed by atoms with E-state index in [0.717, 1.165) is 44.4 Å². The molecule has 2 aromatic rings. The van der Waals surface area contributed by atoms with Gasteiger partial charge in [0, 0.05) is 43.6 Å². The Labute approximate surface area is 152 Å². The Balaban J connectivity index is 1.52. The number of halogens is 2. The molecular formula is C19H24F2N4O. The number of carbonyl (C=O) groups is 1. The highest BCUT2D eigenvalue weighted by atomic mass is 19.2. The molecule has 1 amide bonds. The quantitative estimate of drug-likeness (QED) is 0.819. The van der Waals surface area contributed by atoms with E-state index in [0.29, 0.717) is 13.1 Å². The molecule has 3 rings (SSSR count). The highest BCUT2D eigenvalue weighted by Gasteiger charge is 2.21. The zero-order chi connectivity index (χ0) is 18.5. The van der Waals surface area contributed by atoms with E-state index in [9.17, 15) is 13.6 Å². The molecule has 1 saturated heterocycles. The van der Waals surface area contributed by atoms with Crippen LogP contribution in [0.4, 0.5) is 8.78 Å². The van der Waals surface area contributed by atoms with Gasteiger partial charge in [0.05, 0.1) is 13.0 Å². The highest BCUT2D eigenvalue weighted by molar-refractivity contribution is 5.78. The van der Waals surface area contributed by atoms with E-state index in [2.05, 4.69) is 10.00 Å². The van der Waals surface area contributed by atoms with Crippen LogP contribution in [-0.2, 0) is 17.8 Å². The molecule has 7 heteroatoms. The zero-order valence-electron chi connectivity index (χ0n) is 15.0. The minimum absolute atomic E-state index is 0.101. The molecule has 1 aliphatic rings. The Morgan fingerprint density at radius 1 is 1.12 bits per heavy atom. The van der Waals surface area contributed by atoms with Crippen LogP contribution in [0.2, 0.25) is 0 Å². The zero-order valence-corrected chi connectivity index (χ0v) is 15.0. The van der Waals surface area contributed by atoms with Gasteiger partial charge in [0.1, 0.15) is 0 Å². The predicted octanol–water partition coefficient (Wildman–Crippen LogP) is 2.25. The minimum atomic E-state index is -0.924. The summed E-state index contributed by atoms with van der Waals surface area (Å²) < 4.78 is 29.1. The molecule has 5 nitrogen and oxygen atoms in total. The van der Waals surface area contributed by atoms with Crippen molar-refractivity contribution in [2.75, 3.05) is 32.7 Å².